The van der Waals surface area contributed by atoms with Gasteiger partial charge in [-0.25, -0.2) is 4.79 Å². The fraction of sp³-hybridized carbons (Fsp3) is 0.160. The van der Waals surface area contributed by atoms with E-state index in [1.54, 1.807) is 36.4 Å². The van der Waals surface area contributed by atoms with E-state index in [1.807, 2.05) is 42.5 Å². The van der Waals surface area contributed by atoms with Crippen LogP contribution in [-0.2, 0) is 16.0 Å². The Kier molecular flexibility index (Phi) is 6.75. The number of esters is 1. The highest BCUT2D eigenvalue weighted by molar-refractivity contribution is 5.99. The lowest BCUT2D eigenvalue weighted by atomic mass is 10.00. The summed E-state index contributed by atoms with van der Waals surface area (Å²) in [4.78, 5) is 36.7. The fourth-order valence-corrected chi connectivity index (χ4v) is 3.03. The van der Waals surface area contributed by atoms with Crippen molar-refractivity contribution in [1.82, 2.24) is 0 Å². The van der Waals surface area contributed by atoms with Crippen LogP contribution in [0.4, 0.5) is 5.69 Å². The number of hydrogen-bond donors (Lipinski definition) is 1. The molecule has 1 N–H and O–H groups in total. The van der Waals surface area contributed by atoms with Crippen LogP contribution < -0.4 is 5.32 Å². The highest BCUT2D eigenvalue weighted by Crippen LogP contribution is 2.17. The number of nitrogens with one attached hydrogen (secondary N) is 1. The molecule has 1 amide bonds. The second-order valence-corrected chi connectivity index (χ2v) is 6.99. The van der Waals surface area contributed by atoms with E-state index in [0.717, 1.165) is 11.1 Å². The molecule has 0 saturated heterocycles. The van der Waals surface area contributed by atoms with Gasteiger partial charge in [0.2, 0.25) is 0 Å². The molecule has 0 aromatic heterocycles. The summed E-state index contributed by atoms with van der Waals surface area (Å²) in [6.45, 7) is 2.97. The van der Waals surface area contributed by atoms with Crippen molar-refractivity contribution in [3.63, 3.8) is 0 Å². The summed E-state index contributed by atoms with van der Waals surface area (Å²) in [6.07, 6.45) is -0.409. The van der Waals surface area contributed by atoms with Crippen LogP contribution in [0.1, 0.15) is 45.7 Å². The molecule has 1 unspecified atom stereocenters. The Hall–Kier alpha value is -3.73. The molecular formula is C25H23NO4. The largest absolute Gasteiger partial charge is 0.449 e. The predicted octanol–water partition coefficient (Wildman–Crippen LogP) is 4.66. The minimum atomic E-state index is -0.997. The topological polar surface area (TPSA) is 72.5 Å². The number of amides is 1. The van der Waals surface area contributed by atoms with Gasteiger partial charge in [0.15, 0.2) is 11.9 Å². The Bertz CT molecular complexity index is 1060. The number of carbonyl (C=O) groups excluding carboxylic acids is 3. The lowest BCUT2D eigenvalue weighted by Crippen LogP contribution is -2.30. The second-order valence-electron chi connectivity index (χ2n) is 6.99. The summed E-state index contributed by atoms with van der Waals surface area (Å²) in [5.74, 6) is -1.12. The van der Waals surface area contributed by atoms with E-state index >= 15 is 0 Å². The zero-order valence-corrected chi connectivity index (χ0v) is 16.9. The number of ether oxygens (including phenoxy) is 1. The molecule has 5 nitrogen and oxygen atoms in total. The van der Waals surface area contributed by atoms with Crippen molar-refractivity contribution in [2.45, 2.75) is 26.4 Å². The first kappa shape index (κ1) is 21.0. The predicted molar refractivity (Wildman–Crippen MR) is 116 cm³/mol. The number of hydrogen-bond acceptors (Lipinski definition) is 4. The van der Waals surface area contributed by atoms with Crippen molar-refractivity contribution in [2.75, 3.05) is 5.32 Å². The molecule has 3 aromatic carbocycles. The highest BCUT2D eigenvalue weighted by Gasteiger charge is 2.21. The van der Waals surface area contributed by atoms with Gasteiger partial charge in [-0.05, 0) is 49.6 Å². The molecule has 0 saturated carbocycles. The normalized spacial score (nSPS) is 11.4. The van der Waals surface area contributed by atoms with Crippen molar-refractivity contribution in [1.29, 1.82) is 0 Å². The summed E-state index contributed by atoms with van der Waals surface area (Å²) in [6, 6.07) is 23.6. The molecule has 0 aliphatic carbocycles. The third-order valence-electron chi connectivity index (χ3n) is 4.66. The standard InChI is InChI=1S/C25H23NO4/c1-17(27)20-12-8-13-22(16-20)26-24(28)18(2)30-25(29)23-14-7-6-11-21(23)15-19-9-4-3-5-10-19/h3-14,16,18H,15H2,1-2H3,(H,26,28). The number of benzene rings is 3. The second kappa shape index (κ2) is 9.65. The van der Waals surface area contributed by atoms with Crippen molar-refractivity contribution < 1.29 is 19.1 Å². The SMILES string of the molecule is CC(=O)c1cccc(NC(=O)C(C)OC(=O)c2ccccc2Cc2ccccc2)c1. The minimum Gasteiger partial charge on any atom is -0.449 e. The lowest BCUT2D eigenvalue weighted by molar-refractivity contribution is -0.123. The lowest BCUT2D eigenvalue weighted by Gasteiger charge is -2.15. The summed E-state index contributed by atoms with van der Waals surface area (Å²) in [5.41, 5.74) is 3.30. The molecule has 152 valence electrons. The molecule has 0 fully saturated rings. The zero-order valence-electron chi connectivity index (χ0n) is 16.9. The fourth-order valence-electron chi connectivity index (χ4n) is 3.03. The van der Waals surface area contributed by atoms with E-state index in [0.29, 0.717) is 23.2 Å². The monoisotopic (exact) mass is 401 g/mol. The van der Waals surface area contributed by atoms with Crippen LogP contribution in [0.15, 0.2) is 78.9 Å². The van der Waals surface area contributed by atoms with Crippen molar-refractivity contribution in [3.8, 4) is 0 Å². The molecule has 0 heterocycles. The summed E-state index contributed by atoms with van der Waals surface area (Å²) < 4.78 is 5.41. The Morgan fingerprint density at radius 1 is 0.900 bits per heavy atom. The van der Waals surface area contributed by atoms with Gasteiger partial charge in [0.25, 0.3) is 5.91 Å². The van der Waals surface area contributed by atoms with Crippen LogP contribution in [0, 0.1) is 0 Å². The maximum Gasteiger partial charge on any atom is 0.339 e. The molecule has 0 spiro atoms. The highest BCUT2D eigenvalue weighted by atomic mass is 16.5. The average Bonchev–Trinajstić information content (AvgIpc) is 2.75. The quantitative estimate of drug-likeness (QED) is 0.461. The molecular weight excluding hydrogens is 378 g/mol. The van der Waals surface area contributed by atoms with Gasteiger partial charge in [0, 0.05) is 11.3 Å². The number of rotatable bonds is 7. The number of Topliss-reactive ketones (excluding diaryl/α,β-unsaturated/α-hetero) is 1. The van der Waals surface area contributed by atoms with Crippen molar-refractivity contribution in [2.24, 2.45) is 0 Å². The van der Waals surface area contributed by atoms with E-state index in [-0.39, 0.29) is 5.78 Å². The Morgan fingerprint density at radius 3 is 2.33 bits per heavy atom. The summed E-state index contributed by atoms with van der Waals surface area (Å²) in [7, 11) is 0. The first-order chi connectivity index (χ1) is 14.4. The van der Waals surface area contributed by atoms with Crippen molar-refractivity contribution >= 4 is 23.3 Å². The van der Waals surface area contributed by atoms with Gasteiger partial charge in [-0.3, -0.25) is 9.59 Å². The molecule has 0 radical (unpaired) electrons. The molecule has 0 bridgehead atoms. The van der Waals surface area contributed by atoms with Gasteiger partial charge < -0.3 is 10.1 Å². The molecule has 30 heavy (non-hydrogen) atoms. The molecule has 3 aromatic rings. The van der Waals surface area contributed by atoms with Crippen LogP contribution in [0.3, 0.4) is 0 Å². The number of anilines is 1. The molecule has 1 atom stereocenters. The van der Waals surface area contributed by atoms with Gasteiger partial charge in [-0.2, -0.15) is 0 Å². The first-order valence-electron chi connectivity index (χ1n) is 9.68. The molecule has 5 heteroatoms. The Balaban J connectivity index is 1.68. The maximum atomic E-state index is 12.7. The zero-order chi connectivity index (χ0) is 21.5. The first-order valence-corrected chi connectivity index (χ1v) is 9.68. The molecule has 0 aliphatic heterocycles. The van der Waals surface area contributed by atoms with E-state index in [1.165, 1.54) is 13.8 Å². The number of carbonyl (C=O) groups is 3. The van der Waals surface area contributed by atoms with E-state index in [4.69, 9.17) is 4.74 Å². The van der Waals surface area contributed by atoms with Gasteiger partial charge >= 0.3 is 5.97 Å². The Morgan fingerprint density at radius 2 is 1.60 bits per heavy atom. The molecule has 3 rings (SSSR count). The minimum absolute atomic E-state index is 0.0967. The van der Waals surface area contributed by atoms with Gasteiger partial charge in [0.1, 0.15) is 0 Å². The van der Waals surface area contributed by atoms with Crippen LogP contribution in [0.2, 0.25) is 0 Å². The van der Waals surface area contributed by atoms with Crippen LogP contribution in [-0.4, -0.2) is 23.8 Å². The third kappa shape index (κ3) is 5.41. The molecule has 0 aliphatic rings. The van der Waals surface area contributed by atoms with Crippen LogP contribution >= 0.6 is 0 Å². The smallest absolute Gasteiger partial charge is 0.339 e. The Labute approximate surface area is 175 Å². The average molecular weight is 401 g/mol. The van der Waals surface area contributed by atoms with Gasteiger partial charge in [0.05, 0.1) is 5.56 Å². The number of ketones is 1. The summed E-state index contributed by atoms with van der Waals surface area (Å²) in [5, 5.41) is 2.68. The van der Waals surface area contributed by atoms with Crippen LogP contribution in [0.5, 0.6) is 0 Å². The van der Waals surface area contributed by atoms with Crippen LogP contribution in [0.25, 0.3) is 0 Å². The van der Waals surface area contributed by atoms with E-state index < -0.39 is 18.0 Å². The van der Waals surface area contributed by atoms with E-state index in [2.05, 4.69) is 5.32 Å². The summed E-state index contributed by atoms with van der Waals surface area (Å²) >= 11 is 0. The third-order valence-corrected chi connectivity index (χ3v) is 4.66. The van der Waals surface area contributed by atoms with Gasteiger partial charge in [-0.1, -0.05) is 60.7 Å². The van der Waals surface area contributed by atoms with Gasteiger partial charge in [-0.15, -0.1) is 0 Å². The maximum absolute atomic E-state index is 12.7. The van der Waals surface area contributed by atoms with Crippen molar-refractivity contribution in [3.05, 3.63) is 101 Å². The van der Waals surface area contributed by atoms with E-state index in [9.17, 15) is 14.4 Å².